The van der Waals surface area contributed by atoms with E-state index in [0.29, 0.717) is 6.54 Å². The molecule has 1 fully saturated rings. The van der Waals surface area contributed by atoms with Crippen LogP contribution in [0.2, 0.25) is 0 Å². The molecule has 1 saturated carbocycles. The van der Waals surface area contributed by atoms with Crippen LogP contribution < -0.4 is 5.32 Å². The highest BCUT2D eigenvalue weighted by Gasteiger charge is 2.50. The van der Waals surface area contributed by atoms with Crippen LogP contribution in [0.4, 0.5) is 0 Å². The van der Waals surface area contributed by atoms with Gasteiger partial charge in [0.05, 0.1) is 6.07 Å². The summed E-state index contributed by atoms with van der Waals surface area (Å²) in [6.45, 7) is 2.68. The smallest absolute Gasteiger partial charge is 0.240 e. The third kappa shape index (κ3) is 1.51. The van der Waals surface area contributed by atoms with Crippen LogP contribution in [0.3, 0.4) is 0 Å². The molecule has 0 spiro atoms. The fraction of sp³-hybridized carbons (Fsp3) is 0.750. The number of hydrogen-bond acceptors (Lipinski definition) is 2. The molecule has 3 heteroatoms. The van der Waals surface area contributed by atoms with Crippen LogP contribution in [-0.4, -0.2) is 12.5 Å². The van der Waals surface area contributed by atoms with Crippen LogP contribution in [0.15, 0.2) is 0 Å². The number of hydrogen-bond donors (Lipinski definition) is 1. The second-order valence-electron chi connectivity index (χ2n) is 2.95. The Labute approximate surface area is 66.4 Å². The van der Waals surface area contributed by atoms with Crippen molar-refractivity contribution >= 4 is 5.91 Å². The van der Waals surface area contributed by atoms with E-state index in [1.165, 1.54) is 0 Å². The number of rotatable bonds is 3. The van der Waals surface area contributed by atoms with Crippen molar-refractivity contribution in [3.8, 4) is 6.07 Å². The second-order valence-corrected chi connectivity index (χ2v) is 2.95. The highest BCUT2D eigenvalue weighted by atomic mass is 16.2. The van der Waals surface area contributed by atoms with Crippen LogP contribution >= 0.6 is 0 Å². The van der Waals surface area contributed by atoms with Gasteiger partial charge in [-0.05, 0) is 19.3 Å². The summed E-state index contributed by atoms with van der Waals surface area (Å²) in [6, 6.07) is 2.05. The van der Waals surface area contributed by atoms with Crippen LogP contribution in [0, 0.1) is 16.7 Å². The van der Waals surface area contributed by atoms with Crippen molar-refractivity contribution in [1.82, 2.24) is 5.32 Å². The lowest BCUT2D eigenvalue weighted by molar-refractivity contribution is -0.124. The molecule has 1 aliphatic rings. The molecular weight excluding hydrogens is 140 g/mol. The number of nitriles is 1. The van der Waals surface area contributed by atoms with Gasteiger partial charge in [-0.1, -0.05) is 6.92 Å². The first kappa shape index (κ1) is 8.06. The van der Waals surface area contributed by atoms with Crippen LogP contribution in [0.5, 0.6) is 0 Å². The molecule has 0 aliphatic heterocycles. The van der Waals surface area contributed by atoms with E-state index >= 15 is 0 Å². The van der Waals surface area contributed by atoms with Gasteiger partial charge in [-0.15, -0.1) is 0 Å². The summed E-state index contributed by atoms with van der Waals surface area (Å²) >= 11 is 0. The second kappa shape index (κ2) is 2.91. The van der Waals surface area contributed by atoms with E-state index in [-0.39, 0.29) is 5.91 Å². The molecule has 0 saturated heterocycles. The fourth-order valence-corrected chi connectivity index (χ4v) is 0.922. The zero-order valence-corrected chi connectivity index (χ0v) is 6.68. The van der Waals surface area contributed by atoms with Crippen molar-refractivity contribution in [3.05, 3.63) is 0 Å². The maximum atomic E-state index is 11.2. The Morgan fingerprint density at radius 3 is 2.73 bits per heavy atom. The average Bonchev–Trinajstić information content (AvgIpc) is 2.80. The molecule has 0 bridgehead atoms. The zero-order valence-electron chi connectivity index (χ0n) is 6.68. The zero-order chi connectivity index (χ0) is 8.32. The minimum absolute atomic E-state index is 0.0816. The van der Waals surface area contributed by atoms with E-state index in [4.69, 9.17) is 5.26 Å². The molecule has 0 aromatic rings. The highest BCUT2D eigenvalue weighted by molar-refractivity contribution is 5.88. The first-order valence-electron chi connectivity index (χ1n) is 3.95. The summed E-state index contributed by atoms with van der Waals surface area (Å²) < 4.78 is 0. The quantitative estimate of drug-likeness (QED) is 0.650. The van der Waals surface area contributed by atoms with Crippen molar-refractivity contribution < 1.29 is 4.79 Å². The molecule has 60 valence electrons. The molecule has 1 amide bonds. The van der Waals surface area contributed by atoms with Gasteiger partial charge in [0.2, 0.25) is 5.91 Å². The third-order valence-electron chi connectivity index (χ3n) is 1.93. The Hall–Kier alpha value is -1.04. The van der Waals surface area contributed by atoms with Gasteiger partial charge in [0.15, 0.2) is 0 Å². The molecule has 0 heterocycles. The normalized spacial score (nSPS) is 18.5. The van der Waals surface area contributed by atoms with Gasteiger partial charge in [-0.25, -0.2) is 0 Å². The summed E-state index contributed by atoms with van der Waals surface area (Å²) in [4.78, 5) is 11.2. The molecule has 0 aromatic carbocycles. The summed E-state index contributed by atoms with van der Waals surface area (Å²) in [7, 11) is 0. The lowest BCUT2D eigenvalue weighted by Gasteiger charge is -2.05. The third-order valence-corrected chi connectivity index (χ3v) is 1.93. The Kier molecular flexibility index (Phi) is 2.13. The molecule has 1 N–H and O–H groups in total. The summed E-state index contributed by atoms with van der Waals surface area (Å²) in [5.74, 6) is -0.0816. The monoisotopic (exact) mass is 152 g/mol. The lowest BCUT2D eigenvalue weighted by Crippen LogP contribution is -2.31. The summed E-state index contributed by atoms with van der Waals surface area (Å²) in [5, 5.41) is 11.3. The van der Waals surface area contributed by atoms with Crippen LogP contribution in [0.1, 0.15) is 26.2 Å². The van der Waals surface area contributed by atoms with Crippen molar-refractivity contribution in [2.24, 2.45) is 5.41 Å². The Morgan fingerprint density at radius 1 is 1.73 bits per heavy atom. The maximum absolute atomic E-state index is 11.2. The Morgan fingerprint density at radius 2 is 2.36 bits per heavy atom. The van der Waals surface area contributed by atoms with E-state index in [1.807, 2.05) is 13.0 Å². The largest absolute Gasteiger partial charge is 0.355 e. The van der Waals surface area contributed by atoms with E-state index in [0.717, 1.165) is 19.3 Å². The molecule has 0 aromatic heterocycles. The number of amides is 1. The van der Waals surface area contributed by atoms with E-state index in [1.54, 1.807) is 0 Å². The topological polar surface area (TPSA) is 52.9 Å². The van der Waals surface area contributed by atoms with Gasteiger partial charge in [0, 0.05) is 6.54 Å². The Bertz CT molecular complexity index is 201. The molecule has 0 atom stereocenters. The van der Waals surface area contributed by atoms with Crippen molar-refractivity contribution in [2.45, 2.75) is 26.2 Å². The minimum atomic E-state index is -0.644. The van der Waals surface area contributed by atoms with Gasteiger partial charge in [0.1, 0.15) is 5.41 Å². The molecule has 0 radical (unpaired) electrons. The predicted octanol–water partition coefficient (Wildman–Crippen LogP) is 0.816. The minimum Gasteiger partial charge on any atom is -0.355 e. The molecule has 1 rings (SSSR count). The van der Waals surface area contributed by atoms with Crippen molar-refractivity contribution in [1.29, 1.82) is 5.26 Å². The Balaban J connectivity index is 2.37. The standard InChI is InChI=1S/C8H12N2O/c1-2-5-10-7(11)8(6-9)3-4-8/h2-5H2,1H3,(H,10,11). The van der Waals surface area contributed by atoms with Crippen molar-refractivity contribution in [3.63, 3.8) is 0 Å². The molecule has 0 unspecified atom stereocenters. The van der Waals surface area contributed by atoms with E-state index in [2.05, 4.69) is 5.32 Å². The van der Waals surface area contributed by atoms with Crippen LogP contribution in [-0.2, 0) is 4.79 Å². The molecular formula is C8H12N2O. The maximum Gasteiger partial charge on any atom is 0.240 e. The SMILES string of the molecule is CCCNC(=O)C1(C#N)CC1. The van der Waals surface area contributed by atoms with Gasteiger partial charge >= 0.3 is 0 Å². The molecule has 11 heavy (non-hydrogen) atoms. The van der Waals surface area contributed by atoms with Gasteiger partial charge < -0.3 is 5.32 Å². The number of nitrogens with one attached hydrogen (secondary N) is 1. The summed E-state index contributed by atoms with van der Waals surface area (Å²) in [5.41, 5.74) is -0.644. The lowest BCUT2D eigenvalue weighted by atomic mass is 10.1. The average molecular weight is 152 g/mol. The first-order valence-corrected chi connectivity index (χ1v) is 3.95. The number of nitrogens with zero attached hydrogens (tertiary/aromatic N) is 1. The first-order chi connectivity index (χ1) is 5.25. The van der Waals surface area contributed by atoms with Crippen molar-refractivity contribution in [2.75, 3.05) is 6.54 Å². The van der Waals surface area contributed by atoms with Gasteiger partial charge in [0.25, 0.3) is 0 Å². The highest BCUT2D eigenvalue weighted by Crippen LogP contribution is 2.44. The molecule has 3 nitrogen and oxygen atoms in total. The summed E-state index contributed by atoms with van der Waals surface area (Å²) in [6.07, 6.45) is 2.39. The van der Waals surface area contributed by atoms with Gasteiger partial charge in [-0.2, -0.15) is 5.26 Å². The van der Waals surface area contributed by atoms with Crippen LogP contribution in [0.25, 0.3) is 0 Å². The molecule has 1 aliphatic carbocycles. The van der Waals surface area contributed by atoms with E-state index < -0.39 is 5.41 Å². The predicted molar refractivity (Wildman–Crippen MR) is 40.6 cm³/mol. The number of carbonyl (C=O) groups is 1. The van der Waals surface area contributed by atoms with E-state index in [9.17, 15) is 4.79 Å². The fourth-order valence-electron chi connectivity index (χ4n) is 0.922. The van der Waals surface area contributed by atoms with Gasteiger partial charge in [-0.3, -0.25) is 4.79 Å². The number of carbonyl (C=O) groups excluding carboxylic acids is 1.